The Hall–Kier alpha value is -3.31. The van der Waals surface area contributed by atoms with Crippen molar-refractivity contribution in [2.75, 3.05) is 0 Å². The third-order valence-electron chi connectivity index (χ3n) is 3.63. The summed E-state index contributed by atoms with van der Waals surface area (Å²) in [7, 11) is 0. The molecule has 0 aliphatic heterocycles. The molecule has 0 atom stereocenters. The first-order valence-corrected chi connectivity index (χ1v) is 7.81. The van der Waals surface area contributed by atoms with Crippen LogP contribution in [-0.2, 0) is 6.54 Å². The smallest absolute Gasteiger partial charge is 0.0835 e. The largest absolute Gasteiger partial charge is 0.335 e. The molecule has 0 unspecified atom stereocenters. The Kier molecular flexibility index (Phi) is 5.07. The summed E-state index contributed by atoms with van der Waals surface area (Å²) in [5, 5.41) is 0. The lowest BCUT2D eigenvalue weighted by molar-refractivity contribution is 0.844. The number of hydrogen-bond acceptors (Lipinski definition) is 1. The molecule has 0 saturated heterocycles. The van der Waals surface area contributed by atoms with E-state index in [0.29, 0.717) is 6.54 Å². The van der Waals surface area contributed by atoms with Gasteiger partial charge in [-0.15, -0.1) is 6.42 Å². The van der Waals surface area contributed by atoms with Crippen LogP contribution in [0.5, 0.6) is 0 Å². The van der Waals surface area contributed by atoms with Crippen molar-refractivity contribution in [3.8, 4) is 12.3 Å². The Balaban J connectivity index is 1.97. The number of benzene rings is 2. The van der Waals surface area contributed by atoms with Crippen LogP contribution in [0.25, 0.3) is 11.8 Å². The molecule has 24 heavy (non-hydrogen) atoms. The van der Waals surface area contributed by atoms with E-state index >= 15 is 0 Å². The summed E-state index contributed by atoms with van der Waals surface area (Å²) in [4.78, 5) is 4.72. The Morgan fingerprint density at radius 3 is 2.38 bits per heavy atom. The molecule has 0 N–H and O–H groups in total. The van der Waals surface area contributed by atoms with E-state index in [9.17, 15) is 0 Å². The standard InChI is InChI=1S/C22H18N2/c1-2-15-24-16-9-14-21(24)18-23-22(20-12-7-4-8-13-20)17-19-10-5-3-6-11-19/h1,3-14,16-18H,15H2/b22-17-,23-18?. The van der Waals surface area contributed by atoms with Crippen molar-refractivity contribution in [3.63, 3.8) is 0 Å². The molecule has 3 rings (SSSR count). The van der Waals surface area contributed by atoms with Gasteiger partial charge < -0.3 is 4.57 Å². The predicted molar refractivity (Wildman–Crippen MR) is 102 cm³/mol. The van der Waals surface area contributed by atoms with Gasteiger partial charge in [-0.05, 0) is 23.8 Å². The van der Waals surface area contributed by atoms with E-state index in [1.54, 1.807) is 0 Å². The fraction of sp³-hybridized carbons (Fsp3) is 0.0455. The lowest BCUT2D eigenvalue weighted by atomic mass is 10.1. The fourth-order valence-electron chi connectivity index (χ4n) is 2.43. The molecule has 116 valence electrons. The van der Waals surface area contributed by atoms with Gasteiger partial charge in [0.25, 0.3) is 0 Å². The van der Waals surface area contributed by atoms with Crippen molar-refractivity contribution in [2.24, 2.45) is 4.99 Å². The predicted octanol–water partition coefficient (Wildman–Crippen LogP) is 4.74. The van der Waals surface area contributed by atoms with E-state index in [0.717, 1.165) is 22.5 Å². The second kappa shape index (κ2) is 7.80. The molecular weight excluding hydrogens is 292 g/mol. The maximum absolute atomic E-state index is 5.41. The first kappa shape index (κ1) is 15.6. The maximum Gasteiger partial charge on any atom is 0.0835 e. The summed E-state index contributed by atoms with van der Waals surface area (Å²) < 4.78 is 1.99. The molecule has 3 aromatic rings. The molecule has 1 heterocycles. The van der Waals surface area contributed by atoms with Gasteiger partial charge in [-0.2, -0.15) is 0 Å². The molecule has 0 bridgehead atoms. The lowest BCUT2D eigenvalue weighted by Crippen LogP contribution is -1.99. The quantitative estimate of drug-likeness (QED) is 0.368. The van der Waals surface area contributed by atoms with Gasteiger partial charge in [0.15, 0.2) is 0 Å². The van der Waals surface area contributed by atoms with Crippen LogP contribution < -0.4 is 0 Å². The molecule has 1 aromatic heterocycles. The van der Waals surface area contributed by atoms with E-state index in [-0.39, 0.29) is 0 Å². The zero-order valence-corrected chi connectivity index (χ0v) is 13.3. The van der Waals surface area contributed by atoms with E-state index < -0.39 is 0 Å². The highest BCUT2D eigenvalue weighted by molar-refractivity contribution is 5.89. The second-order valence-corrected chi connectivity index (χ2v) is 5.33. The number of aliphatic imine (C=N–C) groups is 1. The van der Waals surface area contributed by atoms with Crippen LogP contribution in [-0.4, -0.2) is 10.8 Å². The zero-order chi connectivity index (χ0) is 16.6. The number of nitrogens with zero attached hydrogens (tertiary/aromatic N) is 2. The summed E-state index contributed by atoms with van der Waals surface area (Å²) in [5.41, 5.74) is 4.10. The lowest BCUT2D eigenvalue weighted by Gasteiger charge is -2.04. The molecule has 0 saturated carbocycles. The monoisotopic (exact) mass is 310 g/mol. The summed E-state index contributed by atoms with van der Waals surface area (Å²) in [6.07, 6.45) is 11.3. The van der Waals surface area contributed by atoms with Crippen molar-refractivity contribution in [3.05, 3.63) is 95.8 Å². The minimum atomic E-state index is 0.539. The molecule has 2 nitrogen and oxygen atoms in total. The molecule has 0 radical (unpaired) electrons. The third-order valence-corrected chi connectivity index (χ3v) is 3.63. The topological polar surface area (TPSA) is 17.3 Å². The van der Waals surface area contributed by atoms with Crippen LogP contribution in [0.1, 0.15) is 16.8 Å². The van der Waals surface area contributed by atoms with Gasteiger partial charge in [0, 0.05) is 11.8 Å². The molecule has 0 amide bonds. The van der Waals surface area contributed by atoms with E-state index in [4.69, 9.17) is 11.4 Å². The maximum atomic E-state index is 5.41. The molecule has 2 aromatic carbocycles. The van der Waals surface area contributed by atoms with Crippen LogP contribution in [0.4, 0.5) is 0 Å². The summed E-state index contributed by atoms with van der Waals surface area (Å²) in [5.74, 6) is 2.66. The highest BCUT2D eigenvalue weighted by Crippen LogP contribution is 2.19. The van der Waals surface area contributed by atoms with E-state index in [1.807, 2.05) is 65.5 Å². The Morgan fingerprint density at radius 2 is 1.67 bits per heavy atom. The Labute approximate surface area is 142 Å². The molecule has 0 fully saturated rings. The van der Waals surface area contributed by atoms with Gasteiger partial charge in [0.2, 0.25) is 0 Å². The number of hydrogen-bond donors (Lipinski definition) is 0. The van der Waals surface area contributed by atoms with Crippen molar-refractivity contribution < 1.29 is 0 Å². The number of rotatable bonds is 5. The molecule has 2 heteroatoms. The van der Waals surface area contributed by atoms with Crippen molar-refractivity contribution in [2.45, 2.75) is 6.54 Å². The average molecular weight is 310 g/mol. The van der Waals surface area contributed by atoms with Crippen LogP contribution in [0.2, 0.25) is 0 Å². The van der Waals surface area contributed by atoms with Crippen LogP contribution >= 0.6 is 0 Å². The average Bonchev–Trinajstić information content (AvgIpc) is 3.08. The third kappa shape index (κ3) is 3.91. The SMILES string of the molecule is C#CCn1cccc1C=N/C(=C\c1ccccc1)c1ccccc1. The molecule has 0 spiro atoms. The van der Waals surface area contributed by atoms with Gasteiger partial charge in [0.1, 0.15) is 0 Å². The summed E-state index contributed by atoms with van der Waals surface area (Å²) in [6, 6.07) is 24.3. The first-order chi connectivity index (χ1) is 11.9. The summed E-state index contributed by atoms with van der Waals surface area (Å²) >= 11 is 0. The normalized spacial score (nSPS) is 11.5. The van der Waals surface area contributed by atoms with Crippen molar-refractivity contribution >= 4 is 18.0 Å². The van der Waals surface area contributed by atoms with Crippen LogP contribution in [0, 0.1) is 12.3 Å². The van der Waals surface area contributed by atoms with Gasteiger partial charge in [0.05, 0.1) is 24.2 Å². The minimum Gasteiger partial charge on any atom is -0.335 e. The van der Waals surface area contributed by atoms with Crippen molar-refractivity contribution in [1.82, 2.24) is 4.57 Å². The zero-order valence-electron chi connectivity index (χ0n) is 13.3. The summed E-state index contributed by atoms with van der Waals surface area (Å²) in [6.45, 7) is 0.539. The highest BCUT2D eigenvalue weighted by atomic mass is 15.0. The second-order valence-electron chi connectivity index (χ2n) is 5.33. The molecule has 0 aliphatic carbocycles. The van der Waals surface area contributed by atoms with Crippen molar-refractivity contribution in [1.29, 1.82) is 0 Å². The Morgan fingerprint density at radius 1 is 0.958 bits per heavy atom. The molecular formula is C22H18N2. The number of aromatic nitrogens is 1. The van der Waals surface area contributed by atoms with Gasteiger partial charge in [-0.25, -0.2) is 0 Å². The van der Waals surface area contributed by atoms with E-state index in [1.165, 1.54) is 0 Å². The highest BCUT2D eigenvalue weighted by Gasteiger charge is 2.01. The van der Waals surface area contributed by atoms with Crippen LogP contribution in [0.3, 0.4) is 0 Å². The fourth-order valence-corrected chi connectivity index (χ4v) is 2.43. The van der Waals surface area contributed by atoms with Gasteiger partial charge in [-0.3, -0.25) is 4.99 Å². The van der Waals surface area contributed by atoms with Gasteiger partial charge >= 0.3 is 0 Å². The first-order valence-electron chi connectivity index (χ1n) is 7.81. The minimum absolute atomic E-state index is 0.539. The van der Waals surface area contributed by atoms with Crippen LogP contribution in [0.15, 0.2) is 84.0 Å². The van der Waals surface area contributed by atoms with E-state index in [2.05, 4.69) is 36.3 Å². The molecule has 0 aliphatic rings. The van der Waals surface area contributed by atoms with Gasteiger partial charge in [-0.1, -0.05) is 66.6 Å². The number of terminal acetylenes is 1. The Bertz CT molecular complexity index is 878.